The quantitative estimate of drug-likeness (QED) is 0.642. The minimum absolute atomic E-state index is 0.00253. The number of hydrogen-bond donors (Lipinski definition) is 2. The monoisotopic (exact) mass is 206 g/mol. The molecule has 0 saturated heterocycles. The Hall–Kier alpha value is -0.600. The van der Waals surface area contributed by atoms with E-state index in [0.29, 0.717) is 11.1 Å². The maximum atomic E-state index is 9.36. The second kappa shape index (κ2) is 3.04. The molecule has 0 aliphatic heterocycles. The Labute approximate surface area is 80.4 Å². The molecule has 0 aliphatic carbocycles. The van der Waals surface area contributed by atoms with Crippen LogP contribution in [0, 0.1) is 13.8 Å². The fourth-order valence-corrected chi connectivity index (χ4v) is 1.35. The molecule has 0 amide bonds. The van der Waals surface area contributed by atoms with E-state index in [1.54, 1.807) is 13.8 Å². The molecule has 2 N–H and O–H groups in total. The Morgan fingerprint density at radius 2 is 1.08 bits per heavy atom. The zero-order chi connectivity index (χ0) is 9.46. The van der Waals surface area contributed by atoms with Crippen molar-refractivity contribution in [3.8, 4) is 11.5 Å². The molecule has 0 heterocycles. The van der Waals surface area contributed by atoms with Crippen molar-refractivity contribution in [2.45, 2.75) is 13.8 Å². The van der Waals surface area contributed by atoms with E-state index in [2.05, 4.69) is 0 Å². The molecular formula is C8H8Cl2O2. The van der Waals surface area contributed by atoms with Crippen LogP contribution in [-0.2, 0) is 0 Å². The molecule has 66 valence electrons. The normalized spacial score (nSPS) is 10.3. The van der Waals surface area contributed by atoms with E-state index in [1.165, 1.54) is 0 Å². The summed E-state index contributed by atoms with van der Waals surface area (Å²) in [5.41, 5.74) is 1.09. The van der Waals surface area contributed by atoms with Crippen LogP contribution in [-0.4, -0.2) is 10.2 Å². The largest absolute Gasteiger partial charge is 0.506 e. The summed E-state index contributed by atoms with van der Waals surface area (Å²) in [6, 6.07) is 0. The maximum absolute atomic E-state index is 9.36. The predicted octanol–water partition coefficient (Wildman–Crippen LogP) is 3.02. The molecule has 0 radical (unpaired) electrons. The average molecular weight is 207 g/mol. The fourth-order valence-electron chi connectivity index (χ4n) is 0.892. The second-order valence-corrected chi connectivity index (χ2v) is 3.33. The Bertz CT molecular complexity index is 229. The van der Waals surface area contributed by atoms with Crippen molar-refractivity contribution in [2.75, 3.05) is 0 Å². The van der Waals surface area contributed by atoms with Gasteiger partial charge in [-0.05, 0) is 25.0 Å². The summed E-state index contributed by atoms with van der Waals surface area (Å²) in [6.07, 6.45) is 0. The van der Waals surface area contributed by atoms with Crippen LogP contribution in [0.4, 0.5) is 0 Å². The molecule has 0 aromatic heterocycles. The number of phenols is 2. The van der Waals surface area contributed by atoms with Gasteiger partial charge in [0.1, 0.15) is 21.5 Å². The number of aromatic hydroxyl groups is 2. The predicted molar refractivity (Wildman–Crippen MR) is 49.3 cm³/mol. The van der Waals surface area contributed by atoms with E-state index < -0.39 is 0 Å². The molecule has 4 heteroatoms. The van der Waals surface area contributed by atoms with Crippen molar-refractivity contribution in [3.63, 3.8) is 0 Å². The summed E-state index contributed by atoms with van der Waals surface area (Å²) in [5, 5.41) is 18.7. The lowest BCUT2D eigenvalue weighted by Gasteiger charge is -2.09. The minimum atomic E-state index is -0.0723. The van der Waals surface area contributed by atoms with E-state index in [1.807, 2.05) is 0 Å². The molecule has 0 spiro atoms. The highest BCUT2D eigenvalue weighted by atomic mass is 35.5. The maximum Gasteiger partial charge on any atom is 0.139 e. The molecule has 1 aromatic rings. The first-order valence-electron chi connectivity index (χ1n) is 3.33. The molecule has 0 unspecified atom stereocenters. The Morgan fingerprint density at radius 3 is 1.33 bits per heavy atom. The second-order valence-electron chi connectivity index (χ2n) is 2.58. The van der Waals surface area contributed by atoms with Crippen LogP contribution >= 0.6 is 23.2 Å². The molecule has 2 nitrogen and oxygen atoms in total. The standard InChI is InChI=1S/C8H8Cl2O2/c1-3-4(2)8(12)6(10)5(9)7(3)11/h11-12H,1-2H3. The molecule has 0 aliphatic rings. The van der Waals surface area contributed by atoms with E-state index >= 15 is 0 Å². The first-order valence-corrected chi connectivity index (χ1v) is 4.08. The summed E-state index contributed by atoms with van der Waals surface area (Å²) in [4.78, 5) is 0. The van der Waals surface area contributed by atoms with Crippen molar-refractivity contribution < 1.29 is 10.2 Å². The third-order valence-corrected chi connectivity index (χ3v) is 2.71. The van der Waals surface area contributed by atoms with Crippen LogP contribution in [0.15, 0.2) is 0 Å². The van der Waals surface area contributed by atoms with Crippen LogP contribution in [0.3, 0.4) is 0 Å². The van der Waals surface area contributed by atoms with Gasteiger partial charge in [0.15, 0.2) is 0 Å². The van der Waals surface area contributed by atoms with Crippen molar-refractivity contribution >= 4 is 23.2 Å². The molecule has 0 fully saturated rings. The van der Waals surface area contributed by atoms with E-state index in [-0.39, 0.29) is 21.5 Å². The van der Waals surface area contributed by atoms with Gasteiger partial charge in [0, 0.05) is 0 Å². The first-order chi connectivity index (χ1) is 5.46. The molecule has 1 rings (SSSR count). The van der Waals surface area contributed by atoms with Gasteiger partial charge in [-0.25, -0.2) is 0 Å². The van der Waals surface area contributed by atoms with Gasteiger partial charge in [-0.3, -0.25) is 0 Å². The summed E-state index contributed by atoms with van der Waals surface area (Å²) in [6.45, 7) is 3.32. The first kappa shape index (κ1) is 9.49. The van der Waals surface area contributed by atoms with Gasteiger partial charge in [0.25, 0.3) is 0 Å². The van der Waals surface area contributed by atoms with Crippen molar-refractivity contribution in [1.82, 2.24) is 0 Å². The van der Waals surface area contributed by atoms with Gasteiger partial charge in [0.05, 0.1) is 0 Å². The molecular weight excluding hydrogens is 199 g/mol. The van der Waals surface area contributed by atoms with Crippen LogP contribution in [0.1, 0.15) is 11.1 Å². The van der Waals surface area contributed by atoms with Gasteiger partial charge in [0.2, 0.25) is 0 Å². The Kier molecular flexibility index (Phi) is 2.40. The van der Waals surface area contributed by atoms with E-state index in [9.17, 15) is 10.2 Å². The summed E-state index contributed by atoms with van der Waals surface area (Å²) >= 11 is 11.2. The Morgan fingerprint density at radius 1 is 0.833 bits per heavy atom. The van der Waals surface area contributed by atoms with Crippen LogP contribution in [0.25, 0.3) is 0 Å². The number of halogens is 2. The van der Waals surface area contributed by atoms with Gasteiger partial charge >= 0.3 is 0 Å². The highest BCUT2D eigenvalue weighted by Gasteiger charge is 2.15. The van der Waals surface area contributed by atoms with Gasteiger partial charge in [-0.1, -0.05) is 23.2 Å². The lowest BCUT2D eigenvalue weighted by atomic mass is 10.1. The average Bonchev–Trinajstić information content (AvgIpc) is 2.08. The van der Waals surface area contributed by atoms with Crippen LogP contribution in [0.2, 0.25) is 10.0 Å². The molecule has 0 bridgehead atoms. The molecule has 0 atom stereocenters. The molecule has 12 heavy (non-hydrogen) atoms. The number of hydrogen-bond acceptors (Lipinski definition) is 2. The van der Waals surface area contributed by atoms with Crippen molar-refractivity contribution in [2.24, 2.45) is 0 Å². The minimum Gasteiger partial charge on any atom is -0.506 e. The van der Waals surface area contributed by atoms with E-state index in [0.717, 1.165) is 0 Å². The van der Waals surface area contributed by atoms with Gasteiger partial charge < -0.3 is 10.2 Å². The summed E-state index contributed by atoms with van der Waals surface area (Å²) in [7, 11) is 0. The molecule has 1 aromatic carbocycles. The van der Waals surface area contributed by atoms with E-state index in [4.69, 9.17) is 23.2 Å². The topological polar surface area (TPSA) is 40.5 Å². The zero-order valence-electron chi connectivity index (χ0n) is 6.65. The molecule has 0 saturated carbocycles. The number of phenolic OH excluding ortho intramolecular Hbond substituents is 2. The summed E-state index contributed by atoms with van der Waals surface area (Å²) < 4.78 is 0. The SMILES string of the molecule is Cc1c(C)c(O)c(Cl)c(Cl)c1O. The lowest BCUT2D eigenvalue weighted by Crippen LogP contribution is -1.85. The zero-order valence-corrected chi connectivity index (χ0v) is 8.16. The third-order valence-electron chi connectivity index (χ3n) is 1.88. The third kappa shape index (κ3) is 1.21. The Balaban J connectivity index is 3.60. The van der Waals surface area contributed by atoms with Crippen molar-refractivity contribution in [1.29, 1.82) is 0 Å². The highest BCUT2D eigenvalue weighted by Crippen LogP contribution is 2.42. The van der Waals surface area contributed by atoms with Gasteiger partial charge in [-0.2, -0.15) is 0 Å². The smallest absolute Gasteiger partial charge is 0.139 e. The van der Waals surface area contributed by atoms with Crippen molar-refractivity contribution in [3.05, 3.63) is 21.2 Å². The highest BCUT2D eigenvalue weighted by molar-refractivity contribution is 6.44. The van der Waals surface area contributed by atoms with Crippen LogP contribution < -0.4 is 0 Å². The number of benzene rings is 1. The lowest BCUT2D eigenvalue weighted by molar-refractivity contribution is 0.453. The summed E-state index contributed by atoms with van der Waals surface area (Å²) in [5.74, 6) is -0.145. The van der Waals surface area contributed by atoms with Crippen LogP contribution in [0.5, 0.6) is 11.5 Å². The number of rotatable bonds is 0. The fraction of sp³-hybridized carbons (Fsp3) is 0.250. The van der Waals surface area contributed by atoms with Gasteiger partial charge in [-0.15, -0.1) is 0 Å².